The van der Waals surface area contributed by atoms with Gasteiger partial charge in [-0.05, 0) is 30.5 Å². The van der Waals surface area contributed by atoms with E-state index in [1.54, 1.807) is 18.2 Å². The molecule has 106 valence electrons. The third-order valence-electron chi connectivity index (χ3n) is 2.61. The number of nitrogens with two attached hydrogens (primary N) is 2. The van der Waals surface area contributed by atoms with E-state index in [-0.39, 0.29) is 5.91 Å². The van der Waals surface area contributed by atoms with Gasteiger partial charge in [0, 0.05) is 30.1 Å². The Morgan fingerprint density at radius 3 is 2.42 bits per heavy atom. The molecule has 0 heterocycles. The van der Waals surface area contributed by atoms with Crippen LogP contribution in [0.1, 0.15) is 30.6 Å². The number of benzene rings is 1. The topological polar surface area (TPSA) is 90.4 Å². The van der Waals surface area contributed by atoms with Gasteiger partial charge in [-0.15, -0.1) is 0 Å². The van der Waals surface area contributed by atoms with Gasteiger partial charge in [0.25, 0.3) is 5.91 Å². The van der Waals surface area contributed by atoms with E-state index in [9.17, 15) is 4.79 Å². The maximum absolute atomic E-state index is 11.8. The fraction of sp³-hybridized carbons (Fsp3) is 0.500. The van der Waals surface area contributed by atoms with Gasteiger partial charge in [0.15, 0.2) is 0 Å². The van der Waals surface area contributed by atoms with Crippen LogP contribution in [-0.2, 0) is 4.74 Å². The Balaban J connectivity index is 2.27. The Morgan fingerprint density at radius 2 is 1.84 bits per heavy atom. The smallest absolute Gasteiger partial charge is 0.251 e. The highest BCUT2D eigenvalue weighted by molar-refractivity contribution is 5.96. The molecule has 0 saturated carbocycles. The van der Waals surface area contributed by atoms with Crippen LogP contribution in [-0.4, -0.2) is 25.7 Å². The second-order valence-electron chi connectivity index (χ2n) is 4.94. The SMILES string of the molecule is CC(C)CCOCCNC(=O)c1cc(N)cc(N)c1. The molecule has 0 aliphatic carbocycles. The van der Waals surface area contributed by atoms with Crippen LogP contribution in [0, 0.1) is 5.92 Å². The molecule has 0 unspecified atom stereocenters. The number of hydrogen-bond donors (Lipinski definition) is 3. The molecular formula is C14H23N3O2. The molecule has 5 N–H and O–H groups in total. The molecular weight excluding hydrogens is 242 g/mol. The molecule has 19 heavy (non-hydrogen) atoms. The zero-order valence-corrected chi connectivity index (χ0v) is 11.6. The summed E-state index contributed by atoms with van der Waals surface area (Å²) in [6.45, 7) is 6.01. The van der Waals surface area contributed by atoms with Crippen LogP contribution in [0.5, 0.6) is 0 Å². The van der Waals surface area contributed by atoms with E-state index >= 15 is 0 Å². The molecule has 1 rings (SSSR count). The lowest BCUT2D eigenvalue weighted by Crippen LogP contribution is -2.27. The fourth-order valence-corrected chi connectivity index (χ4v) is 1.57. The van der Waals surface area contributed by atoms with E-state index < -0.39 is 0 Å². The molecule has 1 aromatic carbocycles. The van der Waals surface area contributed by atoms with Gasteiger partial charge >= 0.3 is 0 Å². The molecule has 0 radical (unpaired) electrons. The standard InChI is InChI=1S/C14H23N3O2/c1-10(2)3-5-19-6-4-17-14(18)11-7-12(15)9-13(16)8-11/h7-10H,3-6,15-16H2,1-2H3,(H,17,18). The minimum atomic E-state index is -0.188. The van der Waals surface area contributed by atoms with Crippen molar-refractivity contribution in [3.05, 3.63) is 23.8 Å². The number of nitrogens with one attached hydrogen (secondary N) is 1. The molecule has 0 aromatic heterocycles. The summed E-state index contributed by atoms with van der Waals surface area (Å²) in [4.78, 5) is 11.8. The van der Waals surface area contributed by atoms with Crippen LogP contribution in [0.3, 0.4) is 0 Å². The highest BCUT2D eigenvalue weighted by Crippen LogP contribution is 2.13. The molecule has 0 atom stereocenters. The van der Waals surface area contributed by atoms with Crippen molar-refractivity contribution in [3.8, 4) is 0 Å². The van der Waals surface area contributed by atoms with Crippen molar-refractivity contribution in [2.24, 2.45) is 5.92 Å². The van der Waals surface area contributed by atoms with E-state index in [0.717, 1.165) is 13.0 Å². The minimum absolute atomic E-state index is 0.188. The molecule has 0 bridgehead atoms. The quantitative estimate of drug-likeness (QED) is 0.516. The van der Waals surface area contributed by atoms with Gasteiger partial charge in [-0.3, -0.25) is 4.79 Å². The molecule has 0 spiro atoms. The van der Waals surface area contributed by atoms with Crippen molar-refractivity contribution in [3.63, 3.8) is 0 Å². The van der Waals surface area contributed by atoms with E-state index in [0.29, 0.717) is 36.0 Å². The number of ether oxygens (including phenoxy) is 1. The van der Waals surface area contributed by atoms with Gasteiger partial charge < -0.3 is 21.5 Å². The molecule has 1 amide bonds. The van der Waals surface area contributed by atoms with Crippen LogP contribution in [0.2, 0.25) is 0 Å². The minimum Gasteiger partial charge on any atom is -0.399 e. The summed E-state index contributed by atoms with van der Waals surface area (Å²) < 4.78 is 5.41. The predicted molar refractivity (Wildman–Crippen MR) is 77.9 cm³/mol. The summed E-state index contributed by atoms with van der Waals surface area (Å²) in [6, 6.07) is 4.82. The summed E-state index contributed by atoms with van der Waals surface area (Å²) in [5, 5.41) is 2.77. The Bertz CT molecular complexity index is 399. The largest absolute Gasteiger partial charge is 0.399 e. The van der Waals surface area contributed by atoms with E-state index in [4.69, 9.17) is 16.2 Å². The van der Waals surface area contributed by atoms with Gasteiger partial charge in [-0.1, -0.05) is 13.8 Å². The third-order valence-corrected chi connectivity index (χ3v) is 2.61. The summed E-state index contributed by atoms with van der Waals surface area (Å²) in [7, 11) is 0. The lowest BCUT2D eigenvalue weighted by Gasteiger charge is -2.08. The van der Waals surface area contributed by atoms with Crippen molar-refractivity contribution in [2.45, 2.75) is 20.3 Å². The predicted octanol–water partition coefficient (Wildman–Crippen LogP) is 1.64. The first kappa shape index (κ1) is 15.3. The van der Waals surface area contributed by atoms with Gasteiger partial charge in [0.1, 0.15) is 0 Å². The molecule has 5 nitrogen and oxygen atoms in total. The maximum Gasteiger partial charge on any atom is 0.251 e. The van der Waals surface area contributed by atoms with Gasteiger partial charge in [0.05, 0.1) is 6.61 Å². The van der Waals surface area contributed by atoms with Crippen molar-refractivity contribution < 1.29 is 9.53 Å². The second-order valence-corrected chi connectivity index (χ2v) is 4.94. The third kappa shape index (κ3) is 6.10. The Labute approximate surface area is 114 Å². The molecule has 0 aliphatic heterocycles. The second kappa shape index (κ2) is 7.63. The zero-order chi connectivity index (χ0) is 14.3. The van der Waals surface area contributed by atoms with Crippen molar-refractivity contribution >= 4 is 17.3 Å². The van der Waals surface area contributed by atoms with Crippen LogP contribution in [0.15, 0.2) is 18.2 Å². The molecule has 5 heteroatoms. The number of rotatable bonds is 7. The number of anilines is 2. The van der Waals surface area contributed by atoms with Crippen LogP contribution in [0.4, 0.5) is 11.4 Å². The number of carbonyl (C=O) groups excluding carboxylic acids is 1. The van der Waals surface area contributed by atoms with Crippen molar-refractivity contribution in [1.29, 1.82) is 0 Å². The van der Waals surface area contributed by atoms with Crippen LogP contribution < -0.4 is 16.8 Å². The molecule has 1 aromatic rings. The first-order valence-corrected chi connectivity index (χ1v) is 6.51. The maximum atomic E-state index is 11.8. The number of carbonyl (C=O) groups is 1. The van der Waals surface area contributed by atoms with Gasteiger partial charge in [-0.2, -0.15) is 0 Å². The first-order chi connectivity index (χ1) is 8.99. The Morgan fingerprint density at radius 1 is 1.21 bits per heavy atom. The molecule has 0 fully saturated rings. The fourth-order valence-electron chi connectivity index (χ4n) is 1.57. The Hall–Kier alpha value is -1.75. The van der Waals surface area contributed by atoms with Crippen LogP contribution >= 0.6 is 0 Å². The summed E-state index contributed by atoms with van der Waals surface area (Å²) in [5.74, 6) is 0.441. The monoisotopic (exact) mass is 265 g/mol. The molecule has 0 saturated heterocycles. The van der Waals surface area contributed by atoms with E-state index in [1.165, 1.54) is 0 Å². The Kier molecular flexibility index (Phi) is 6.15. The first-order valence-electron chi connectivity index (χ1n) is 6.51. The van der Waals surface area contributed by atoms with Crippen molar-refractivity contribution in [2.75, 3.05) is 31.2 Å². The van der Waals surface area contributed by atoms with Gasteiger partial charge in [-0.25, -0.2) is 0 Å². The summed E-state index contributed by atoms with van der Waals surface area (Å²) in [5.41, 5.74) is 12.7. The summed E-state index contributed by atoms with van der Waals surface area (Å²) in [6.07, 6.45) is 1.03. The lowest BCUT2D eigenvalue weighted by atomic mass is 10.1. The lowest BCUT2D eigenvalue weighted by molar-refractivity contribution is 0.0906. The average molecular weight is 265 g/mol. The van der Waals surface area contributed by atoms with E-state index in [2.05, 4.69) is 19.2 Å². The molecule has 0 aliphatic rings. The highest BCUT2D eigenvalue weighted by atomic mass is 16.5. The van der Waals surface area contributed by atoms with Gasteiger partial charge in [0.2, 0.25) is 0 Å². The summed E-state index contributed by atoms with van der Waals surface area (Å²) >= 11 is 0. The van der Waals surface area contributed by atoms with Crippen molar-refractivity contribution in [1.82, 2.24) is 5.32 Å². The van der Waals surface area contributed by atoms with Crippen LogP contribution in [0.25, 0.3) is 0 Å². The number of hydrogen-bond acceptors (Lipinski definition) is 4. The zero-order valence-electron chi connectivity index (χ0n) is 11.6. The number of nitrogen functional groups attached to an aromatic ring is 2. The van der Waals surface area contributed by atoms with E-state index in [1.807, 2.05) is 0 Å². The average Bonchev–Trinajstić information content (AvgIpc) is 2.31. The normalized spacial score (nSPS) is 10.7. The number of amides is 1. The highest BCUT2D eigenvalue weighted by Gasteiger charge is 2.06.